The van der Waals surface area contributed by atoms with Crippen molar-refractivity contribution in [1.82, 2.24) is 14.6 Å². The second-order valence-electron chi connectivity index (χ2n) is 9.64. The number of esters is 1. The molecule has 40 heavy (non-hydrogen) atoms. The summed E-state index contributed by atoms with van der Waals surface area (Å²) in [5.41, 5.74) is -4.08. The molecule has 1 aliphatic heterocycles. The molecule has 2 aromatic rings. The highest BCUT2D eigenvalue weighted by Crippen LogP contribution is 2.48. The van der Waals surface area contributed by atoms with Gasteiger partial charge in [-0.3, -0.25) is 19.1 Å². The van der Waals surface area contributed by atoms with Crippen LogP contribution in [0.3, 0.4) is 0 Å². The Morgan fingerprint density at radius 1 is 1.27 bits per heavy atom. The van der Waals surface area contributed by atoms with Gasteiger partial charge in [0.05, 0.1) is 6.10 Å². The summed E-state index contributed by atoms with van der Waals surface area (Å²) in [6, 6.07) is 8.65. The topological polar surface area (TPSA) is 161 Å². The molecule has 2 unspecified atom stereocenters. The number of H-pyrrole nitrogens is 1. The molecule has 14 heteroatoms. The molecule has 4 N–H and O–H groups in total. The number of hydrogen-bond acceptors (Lipinski definition) is 10. The maximum Gasteiger partial charge on any atom is 0.331 e. The Labute approximate surface area is 236 Å². The van der Waals surface area contributed by atoms with Gasteiger partial charge < -0.3 is 28.7 Å². The van der Waals surface area contributed by atoms with Crippen molar-refractivity contribution in [1.29, 1.82) is 0 Å². The number of nitrogens with one attached hydrogen (secondary N) is 2. The lowest BCUT2D eigenvalue weighted by Crippen LogP contribution is -2.43. The summed E-state index contributed by atoms with van der Waals surface area (Å²) >= 11 is 5.75. The number of hydrogen-bond donors (Lipinski definition) is 4. The van der Waals surface area contributed by atoms with Crippen molar-refractivity contribution in [2.24, 2.45) is 5.92 Å². The third-order valence-corrected chi connectivity index (χ3v) is 7.96. The van der Waals surface area contributed by atoms with Crippen LogP contribution in [0.1, 0.15) is 40.3 Å². The van der Waals surface area contributed by atoms with Crippen molar-refractivity contribution in [3.63, 3.8) is 0 Å². The third kappa shape index (κ3) is 7.41. The Hall–Kier alpha value is -3.40. The molecule has 1 aliphatic rings. The molecule has 0 bridgehead atoms. The first-order chi connectivity index (χ1) is 18.8. The van der Waals surface area contributed by atoms with Crippen LogP contribution in [0.4, 0.5) is 0 Å². The quantitative estimate of drug-likeness (QED) is 0.163. The van der Waals surface area contributed by atoms with E-state index < -0.39 is 54.1 Å². The van der Waals surface area contributed by atoms with Gasteiger partial charge in [-0.15, -0.1) is 6.42 Å². The Morgan fingerprint density at radius 3 is 2.52 bits per heavy atom. The lowest BCUT2D eigenvalue weighted by molar-refractivity contribution is -0.150. The number of para-hydroxylation sites is 1. The van der Waals surface area contributed by atoms with Gasteiger partial charge in [0.15, 0.2) is 11.5 Å². The minimum atomic E-state index is -3.58. The summed E-state index contributed by atoms with van der Waals surface area (Å²) in [5, 5.41) is 24.8. The van der Waals surface area contributed by atoms with E-state index in [4.69, 9.17) is 36.8 Å². The number of aromatic nitrogens is 2. The van der Waals surface area contributed by atoms with Crippen molar-refractivity contribution in [2.45, 2.75) is 58.1 Å². The van der Waals surface area contributed by atoms with Crippen LogP contribution in [-0.2, 0) is 30.6 Å². The summed E-state index contributed by atoms with van der Waals surface area (Å²) in [4.78, 5) is 38.8. The van der Waals surface area contributed by atoms with Gasteiger partial charge in [0.1, 0.15) is 18.4 Å². The molecule has 3 rings (SSSR count). The van der Waals surface area contributed by atoms with Gasteiger partial charge >= 0.3 is 18.3 Å². The van der Waals surface area contributed by atoms with Crippen LogP contribution in [0.2, 0.25) is 0 Å². The zero-order valence-electron chi connectivity index (χ0n) is 22.4. The highest BCUT2D eigenvalue weighted by molar-refractivity contribution is 8.09. The molecule has 0 saturated carbocycles. The minimum absolute atomic E-state index is 0.0734. The summed E-state index contributed by atoms with van der Waals surface area (Å²) in [5.74, 6) is 0.776. The van der Waals surface area contributed by atoms with Crippen molar-refractivity contribution in [2.75, 3.05) is 6.61 Å². The number of terminal acetylenes is 1. The van der Waals surface area contributed by atoms with Gasteiger partial charge in [-0.2, -0.15) is 0 Å². The van der Waals surface area contributed by atoms with E-state index in [2.05, 4.69) is 5.09 Å². The molecule has 1 aromatic heterocycles. The zero-order chi connectivity index (χ0) is 29.7. The fraction of sp³-hybridized carbons (Fsp3) is 0.423. The van der Waals surface area contributed by atoms with Crippen LogP contribution < -0.4 is 20.9 Å². The third-order valence-electron chi connectivity index (χ3n) is 5.55. The van der Waals surface area contributed by atoms with E-state index in [0.717, 1.165) is 16.8 Å². The average Bonchev–Trinajstić information content (AvgIpc) is 3.12. The maximum atomic E-state index is 12.9. The van der Waals surface area contributed by atoms with E-state index in [1.54, 1.807) is 44.2 Å². The zero-order valence-corrected chi connectivity index (χ0v) is 24.1. The van der Waals surface area contributed by atoms with Crippen LogP contribution in [0.15, 0.2) is 63.7 Å². The fourth-order valence-corrected chi connectivity index (χ4v) is 6.01. The Bertz CT molecular complexity index is 1450. The molecule has 0 spiro atoms. The second-order valence-corrected chi connectivity index (χ2v) is 12.8. The van der Waals surface area contributed by atoms with Crippen LogP contribution in [0, 0.1) is 18.3 Å². The SMILES string of the molecule is C#C[C@@]1(O)C(O)=C(COP(=S)(NC(CC(C)C)C(=O)OC(C)C)Oc2ccccc2)O[C@H]1n1ccc(=O)[nH]c1=O. The molecule has 1 aromatic carbocycles. The number of aliphatic hydroxyl groups excluding tert-OH is 1. The standard InChI is InChI=1S/C26H32N3O9PS/c1-6-26(34)22(31)20(37-24(26)29-13-12-21(30)27-25(29)33)15-35-39(40,38-18-10-8-7-9-11-18)28-19(14-16(2)3)23(32)36-17(4)5/h1,7-13,16-17,19,24,31,34H,14-15H2,2-5H3,(H,28,40)(H,27,30,33)/t19?,24-,26-,39?/m1/s1. The summed E-state index contributed by atoms with van der Waals surface area (Å²) in [6.07, 6.45) is 4.90. The number of rotatable bonds is 12. The number of nitrogens with zero attached hydrogens (tertiary/aromatic N) is 1. The molecule has 0 fully saturated rings. The Morgan fingerprint density at radius 2 is 1.95 bits per heavy atom. The molecule has 2 heterocycles. The first-order valence-electron chi connectivity index (χ1n) is 12.4. The summed E-state index contributed by atoms with van der Waals surface area (Å²) < 4.78 is 23.8. The Balaban J connectivity index is 1.92. The number of aliphatic hydroxyl groups is 2. The van der Waals surface area contributed by atoms with Gasteiger partial charge in [0, 0.05) is 12.3 Å². The summed E-state index contributed by atoms with van der Waals surface area (Å²) in [7, 11) is 0. The van der Waals surface area contributed by atoms with Crippen molar-refractivity contribution >= 4 is 24.4 Å². The first-order valence-corrected chi connectivity index (χ1v) is 15.0. The van der Waals surface area contributed by atoms with Crippen LogP contribution in [0.25, 0.3) is 0 Å². The van der Waals surface area contributed by atoms with Crippen LogP contribution in [0.5, 0.6) is 5.75 Å². The van der Waals surface area contributed by atoms with E-state index in [-0.39, 0.29) is 17.8 Å². The highest BCUT2D eigenvalue weighted by atomic mass is 32.5. The molecular weight excluding hydrogens is 561 g/mol. The monoisotopic (exact) mass is 593 g/mol. The normalized spacial score (nSPS) is 21.0. The molecule has 4 atom stereocenters. The molecule has 216 valence electrons. The lowest BCUT2D eigenvalue weighted by atomic mass is 10.0. The maximum absolute atomic E-state index is 12.9. The molecule has 0 aliphatic carbocycles. The van der Waals surface area contributed by atoms with Crippen LogP contribution >= 0.6 is 6.64 Å². The minimum Gasteiger partial charge on any atom is -0.505 e. The molecule has 0 amide bonds. The van der Waals surface area contributed by atoms with Crippen molar-refractivity contribution in [3.05, 3.63) is 75.0 Å². The van der Waals surface area contributed by atoms with Gasteiger partial charge in [-0.1, -0.05) is 38.0 Å². The smallest absolute Gasteiger partial charge is 0.331 e. The fourth-order valence-electron chi connectivity index (χ4n) is 3.75. The van der Waals surface area contributed by atoms with E-state index in [1.165, 1.54) is 0 Å². The molecular formula is C26H32N3O9PS. The van der Waals surface area contributed by atoms with Gasteiger partial charge in [-0.25, -0.2) is 9.88 Å². The number of aromatic amines is 1. The highest BCUT2D eigenvalue weighted by Gasteiger charge is 2.51. The average molecular weight is 594 g/mol. The van der Waals surface area contributed by atoms with Gasteiger partial charge in [0.2, 0.25) is 11.8 Å². The molecule has 12 nitrogen and oxygen atoms in total. The van der Waals surface area contributed by atoms with Crippen molar-refractivity contribution < 1.29 is 33.5 Å². The van der Waals surface area contributed by atoms with Crippen molar-refractivity contribution in [3.8, 4) is 18.1 Å². The van der Waals surface area contributed by atoms with Crippen LogP contribution in [-0.4, -0.2) is 50.1 Å². The van der Waals surface area contributed by atoms with E-state index >= 15 is 0 Å². The lowest BCUT2D eigenvalue weighted by Gasteiger charge is -2.29. The van der Waals surface area contributed by atoms with E-state index in [0.29, 0.717) is 12.2 Å². The van der Waals surface area contributed by atoms with Gasteiger partial charge in [0.25, 0.3) is 5.56 Å². The van der Waals surface area contributed by atoms with E-state index in [9.17, 15) is 24.6 Å². The second kappa shape index (κ2) is 12.8. The Kier molecular flexibility index (Phi) is 10.00. The number of carbonyl (C=O) groups excluding carboxylic acids is 1. The van der Waals surface area contributed by atoms with E-state index in [1.807, 2.05) is 24.8 Å². The molecule has 0 radical (unpaired) electrons. The largest absolute Gasteiger partial charge is 0.505 e. The first kappa shape index (κ1) is 31.1. The number of ether oxygens (including phenoxy) is 2. The number of benzene rings is 1. The molecule has 0 saturated heterocycles. The number of carbonyl (C=O) groups is 1. The predicted molar refractivity (Wildman–Crippen MR) is 150 cm³/mol. The predicted octanol–water partition coefficient (Wildman–Crippen LogP) is 2.48. The van der Waals surface area contributed by atoms with Gasteiger partial charge in [-0.05, 0) is 50.1 Å². The summed E-state index contributed by atoms with van der Waals surface area (Å²) in [6.45, 7) is 3.16.